The van der Waals surface area contributed by atoms with E-state index in [4.69, 9.17) is 34.8 Å². The molecule has 3 N–H and O–H groups in total. The fraction of sp³-hybridized carbons (Fsp3) is 0.542. The van der Waals surface area contributed by atoms with Crippen molar-refractivity contribution < 1.29 is 69.2 Å². The highest BCUT2D eigenvalue weighted by atomic mass is 19.4. The predicted octanol–water partition coefficient (Wildman–Crippen LogP) is 3.87. The molecule has 0 atom stereocenters. The first kappa shape index (κ1) is 38.1. The number of carbonyl (C=O) groups is 3. The van der Waals surface area contributed by atoms with Crippen molar-refractivity contribution >= 4 is 17.9 Å². The van der Waals surface area contributed by atoms with E-state index < -0.39 is 36.4 Å². The molecule has 2 aliphatic heterocycles. The fourth-order valence-corrected chi connectivity index (χ4v) is 3.87. The number of hydrogen-bond acceptors (Lipinski definition) is 7. The van der Waals surface area contributed by atoms with Crippen LogP contribution in [0.25, 0.3) is 0 Å². The minimum absolute atomic E-state index is 0.995. The van der Waals surface area contributed by atoms with Crippen LogP contribution in [0.3, 0.4) is 0 Å². The van der Waals surface area contributed by atoms with Crippen molar-refractivity contribution in [2.24, 2.45) is 7.05 Å². The van der Waals surface area contributed by atoms with Crippen molar-refractivity contribution in [3.05, 3.63) is 47.0 Å². The summed E-state index contributed by atoms with van der Waals surface area (Å²) < 4.78 is 97.3. The van der Waals surface area contributed by atoms with Crippen LogP contribution in [0.4, 0.5) is 39.5 Å². The lowest BCUT2D eigenvalue weighted by Gasteiger charge is -2.27. The Morgan fingerprint density at radius 1 is 0.750 bits per heavy atom. The molecule has 4 heterocycles. The first-order valence-corrected chi connectivity index (χ1v) is 12.4. The maximum Gasteiger partial charge on any atom is 0.490 e. The maximum atomic E-state index is 10.6. The maximum absolute atomic E-state index is 10.6. The average molecular weight is 653 g/mol. The molecule has 20 heteroatoms. The highest BCUT2D eigenvalue weighted by molar-refractivity contribution is 5.73. The molecule has 2 aromatic rings. The molecular formula is C24H28F9N5O6. The number of halogens is 9. The molecule has 248 valence electrons. The summed E-state index contributed by atoms with van der Waals surface area (Å²) in [7, 11) is 2.10. The van der Waals surface area contributed by atoms with Gasteiger partial charge >= 0.3 is 36.4 Å². The third-order valence-corrected chi connectivity index (χ3v) is 5.86. The number of aromatic nitrogens is 3. The summed E-state index contributed by atoms with van der Waals surface area (Å²) in [5.74, 6) is -8.27. The Morgan fingerprint density at radius 2 is 1.18 bits per heavy atom. The predicted molar refractivity (Wildman–Crippen MR) is 131 cm³/mol. The van der Waals surface area contributed by atoms with Gasteiger partial charge in [0, 0.05) is 51.2 Å². The zero-order valence-electron chi connectivity index (χ0n) is 22.9. The summed E-state index contributed by atoms with van der Waals surface area (Å²) in [5.41, 5.74) is 5.56. The monoisotopic (exact) mass is 653 g/mol. The van der Waals surface area contributed by atoms with Crippen LogP contribution in [0.15, 0.2) is 24.5 Å². The smallest absolute Gasteiger partial charge is 0.475 e. The Kier molecular flexibility index (Phi) is 14.0. The van der Waals surface area contributed by atoms with Crippen LogP contribution in [0, 0.1) is 0 Å². The average Bonchev–Trinajstić information content (AvgIpc) is 3.52. The largest absolute Gasteiger partial charge is 0.490 e. The van der Waals surface area contributed by atoms with Crippen molar-refractivity contribution in [1.29, 1.82) is 0 Å². The van der Waals surface area contributed by atoms with Crippen LogP contribution < -0.4 is 0 Å². The minimum Gasteiger partial charge on any atom is -0.475 e. The zero-order valence-corrected chi connectivity index (χ0v) is 22.9. The van der Waals surface area contributed by atoms with E-state index in [0.29, 0.717) is 0 Å². The van der Waals surface area contributed by atoms with Crippen LogP contribution in [-0.2, 0) is 47.5 Å². The lowest BCUT2D eigenvalue weighted by Crippen LogP contribution is -2.31. The first-order valence-electron chi connectivity index (χ1n) is 12.4. The van der Waals surface area contributed by atoms with E-state index in [2.05, 4.69) is 38.6 Å². The molecule has 0 bridgehead atoms. The Hall–Kier alpha value is -3.94. The number of aliphatic carboxylic acids is 3. The van der Waals surface area contributed by atoms with Gasteiger partial charge in [-0.05, 0) is 50.0 Å². The van der Waals surface area contributed by atoms with E-state index in [0.717, 1.165) is 32.6 Å². The fourth-order valence-electron chi connectivity index (χ4n) is 3.87. The second kappa shape index (κ2) is 16.2. The summed E-state index contributed by atoms with van der Waals surface area (Å²) in [6, 6.07) is 4.22. The molecule has 0 unspecified atom stereocenters. The summed E-state index contributed by atoms with van der Waals surface area (Å²) in [5, 5.41) is 26.2. The standard InChI is InChI=1S/C18H25N5.3C2HF3O2/c1-21-18-14-23(12-15-4-7-19-8-5-15)11-6-16(18)17(20-21)13-22-9-2-3-10-22;3*3-2(4,5)1(6)7/h4-5,7-8H,2-3,6,9-14H2,1H3;3*(H,6,7). The van der Waals surface area contributed by atoms with Gasteiger partial charge < -0.3 is 15.3 Å². The number of aryl methyl sites for hydroxylation is 1. The Balaban J connectivity index is 0.000000379. The highest BCUT2D eigenvalue weighted by Crippen LogP contribution is 2.25. The molecule has 2 aromatic heterocycles. The zero-order chi connectivity index (χ0) is 33.9. The third kappa shape index (κ3) is 13.6. The Labute approximate surface area is 243 Å². The summed E-state index contributed by atoms with van der Waals surface area (Å²) in [4.78, 5) is 35.9. The van der Waals surface area contributed by atoms with Gasteiger partial charge in [0.25, 0.3) is 0 Å². The third-order valence-electron chi connectivity index (χ3n) is 5.86. The second-order valence-electron chi connectivity index (χ2n) is 9.20. The van der Waals surface area contributed by atoms with Gasteiger partial charge in [-0.2, -0.15) is 44.6 Å². The van der Waals surface area contributed by atoms with Gasteiger partial charge in [-0.1, -0.05) is 0 Å². The molecule has 44 heavy (non-hydrogen) atoms. The highest BCUT2D eigenvalue weighted by Gasteiger charge is 2.39. The summed E-state index contributed by atoms with van der Waals surface area (Å²) in [6.07, 6.45) is -7.69. The number of likely N-dealkylation sites (tertiary alicyclic amines) is 1. The van der Waals surface area contributed by atoms with Crippen molar-refractivity contribution in [3.8, 4) is 0 Å². The van der Waals surface area contributed by atoms with Gasteiger partial charge in [0.1, 0.15) is 0 Å². The van der Waals surface area contributed by atoms with E-state index >= 15 is 0 Å². The Morgan fingerprint density at radius 3 is 1.59 bits per heavy atom. The molecule has 0 amide bonds. The summed E-state index contributed by atoms with van der Waals surface area (Å²) in [6.45, 7) is 6.62. The number of rotatable bonds is 4. The molecule has 1 saturated heterocycles. The van der Waals surface area contributed by atoms with Crippen LogP contribution in [0.5, 0.6) is 0 Å². The number of nitrogens with zero attached hydrogens (tertiary/aromatic N) is 5. The first-order chi connectivity index (χ1) is 20.1. The van der Waals surface area contributed by atoms with Crippen LogP contribution >= 0.6 is 0 Å². The van der Waals surface area contributed by atoms with Crippen molar-refractivity contribution in [2.45, 2.75) is 57.4 Å². The number of carboxylic acids is 3. The van der Waals surface area contributed by atoms with Crippen LogP contribution in [0.1, 0.15) is 35.4 Å². The quantitative estimate of drug-likeness (QED) is 0.416. The van der Waals surface area contributed by atoms with E-state index in [1.807, 2.05) is 12.4 Å². The van der Waals surface area contributed by atoms with Gasteiger partial charge in [0.15, 0.2) is 0 Å². The van der Waals surface area contributed by atoms with E-state index in [1.54, 1.807) is 0 Å². The SMILES string of the molecule is Cn1nc(CN2CCCC2)c2c1CN(Cc1ccncc1)CC2.O=C(O)C(F)(F)F.O=C(O)C(F)(F)F.O=C(O)C(F)(F)F. The van der Waals surface area contributed by atoms with E-state index in [1.165, 1.54) is 48.4 Å². The molecule has 0 spiro atoms. The molecule has 0 radical (unpaired) electrons. The van der Waals surface area contributed by atoms with Gasteiger partial charge in [0.2, 0.25) is 0 Å². The second-order valence-corrected chi connectivity index (χ2v) is 9.20. The van der Waals surface area contributed by atoms with E-state index in [9.17, 15) is 39.5 Å². The van der Waals surface area contributed by atoms with Crippen molar-refractivity contribution in [2.75, 3.05) is 19.6 Å². The molecule has 0 saturated carbocycles. The number of hydrogen-bond donors (Lipinski definition) is 3. The molecule has 0 aliphatic carbocycles. The Bertz CT molecular complexity index is 1170. The topological polar surface area (TPSA) is 149 Å². The van der Waals surface area contributed by atoms with Crippen LogP contribution in [-0.4, -0.2) is 96.0 Å². The lowest BCUT2D eigenvalue weighted by atomic mass is 10.0. The number of pyridine rings is 1. The van der Waals surface area contributed by atoms with Gasteiger partial charge in [0.05, 0.1) is 11.4 Å². The number of fused-ring (bicyclic) bond motifs is 1. The lowest BCUT2D eigenvalue weighted by molar-refractivity contribution is -0.193. The molecule has 2 aliphatic rings. The van der Waals surface area contributed by atoms with Gasteiger partial charge in [-0.25, -0.2) is 14.4 Å². The molecule has 11 nitrogen and oxygen atoms in total. The molecule has 1 fully saturated rings. The minimum atomic E-state index is -5.08. The van der Waals surface area contributed by atoms with Crippen molar-refractivity contribution in [3.63, 3.8) is 0 Å². The van der Waals surface area contributed by atoms with Crippen molar-refractivity contribution in [1.82, 2.24) is 24.6 Å². The van der Waals surface area contributed by atoms with Crippen LogP contribution in [0.2, 0.25) is 0 Å². The molecule has 0 aromatic carbocycles. The van der Waals surface area contributed by atoms with Gasteiger partial charge in [-0.3, -0.25) is 19.5 Å². The number of alkyl halides is 9. The number of carboxylic acid groups (broad SMARTS) is 3. The van der Waals surface area contributed by atoms with E-state index in [-0.39, 0.29) is 0 Å². The normalized spacial score (nSPS) is 15.4. The summed E-state index contributed by atoms with van der Waals surface area (Å²) >= 11 is 0. The van der Waals surface area contributed by atoms with Gasteiger partial charge in [-0.15, -0.1) is 0 Å². The molecule has 4 rings (SSSR count). The molecular weight excluding hydrogens is 625 g/mol.